The molecule has 1 aromatic carbocycles. The van der Waals surface area contributed by atoms with Crippen LogP contribution in [0.5, 0.6) is 5.75 Å². The molecule has 3 heteroatoms. The van der Waals surface area contributed by atoms with Crippen LogP contribution in [-0.2, 0) is 0 Å². The molecule has 0 saturated carbocycles. The normalized spacial score (nSPS) is 12.7. The highest BCUT2D eigenvalue weighted by molar-refractivity contribution is 5.38. The van der Waals surface area contributed by atoms with Gasteiger partial charge in [-0.1, -0.05) is 12.1 Å². The zero-order chi connectivity index (χ0) is 14.7. The van der Waals surface area contributed by atoms with Crippen LogP contribution in [0.15, 0.2) is 34.7 Å². The first-order valence-electron chi connectivity index (χ1n) is 7.02. The van der Waals surface area contributed by atoms with E-state index in [1.807, 2.05) is 46.9 Å². The van der Waals surface area contributed by atoms with Crippen LogP contribution in [0.4, 0.5) is 0 Å². The highest BCUT2D eigenvalue weighted by Crippen LogP contribution is 2.29. The number of rotatable bonds is 5. The Morgan fingerprint density at radius 3 is 2.45 bits per heavy atom. The molecular formula is C17H23NO2. The Labute approximate surface area is 121 Å². The van der Waals surface area contributed by atoms with Crippen molar-refractivity contribution >= 4 is 0 Å². The molecule has 0 amide bonds. The molecule has 1 atom stereocenters. The number of aryl methyl sites for hydroxylation is 2. The van der Waals surface area contributed by atoms with Crippen LogP contribution in [0.3, 0.4) is 0 Å². The van der Waals surface area contributed by atoms with Crippen LogP contribution in [0.2, 0.25) is 0 Å². The fourth-order valence-electron chi connectivity index (χ4n) is 2.48. The highest BCUT2D eigenvalue weighted by Gasteiger charge is 2.18. The Hall–Kier alpha value is -1.74. The van der Waals surface area contributed by atoms with Crippen molar-refractivity contribution in [3.05, 3.63) is 53.0 Å². The van der Waals surface area contributed by atoms with Crippen molar-refractivity contribution in [3.8, 4) is 5.75 Å². The Balaban J connectivity index is 2.34. The second-order valence-corrected chi connectivity index (χ2v) is 5.33. The molecule has 0 fully saturated rings. The van der Waals surface area contributed by atoms with Gasteiger partial charge in [0.1, 0.15) is 17.3 Å². The maximum absolute atomic E-state index is 5.77. The lowest BCUT2D eigenvalue weighted by molar-refractivity contribution is 0.242. The Morgan fingerprint density at radius 1 is 1.15 bits per heavy atom. The molecule has 20 heavy (non-hydrogen) atoms. The summed E-state index contributed by atoms with van der Waals surface area (Å²) in [5.74, 6) is 2.79. The van der Waals surface area contributed by atoms with Gasteiger partial charge in [0.2, 0.25) is 0 Å². The van der Waals surface area contributed by atoms with Crippen molar-refractivity contribution in [2.75, 3.05) is 7.05 Å². The molecule has 1 N–H and O–H groups in total. The summed E-state index contributed by atoms with van der Waals surface area (Å²) in [6, 6.07) is 10.4. The molecule has 3 nitrogen and oxygen atoms in total. The van der Waals surface area contributed by atoms with Crippen LogP contribution in [-0.4, -0.2) is 13.2 Å². The number of nitrogens with one attached hydrogen (secondary N) is 1. The van der Waals surface area contributed by atoms with E-state index in [1.165, 1.54) is 11.1 Å². The van der Waals surface area contributed by atoms with Crippen molar-refractivity contribution in [2.24, 2.45) is 0 Å². The molecule has 0 saturated heterocycles. The number of furan rings is 1. The third-order valence-corrected chi connectivity index (χ3v) is 3.24. The van der Waals surface area contributed by atoms with Crippen molar-refractivity contribution < 1.29 is 9.15 Å². The molecule has 0 spiro atoms. The smallest absolute Gasteiger partial charge is 0.120 e. The lowest BCUT2D eigenvalue weighted by atomic mass is 9.99. The zero-order valence-electron chi connectivity index (χ0n) is 12.9. The van der Waals surface area contributed by atoms with E-state index in [4.69, 9.17) is 9.15 Å². The zero-order valence-corrected chi connectivity index (χ0v) is 12.9. The molecule has 0 aliphatic heterocycles. The van der Waals surface area contributed by atoms with E-state index >= 15 is 0 Å². The molecule has 2 aromatic rings. The third kappa shape index (κ3) is 3.23. The summed E-state index contributed by atoms with van der Waals surface area (Å²) in [4.78, 5) is 0. The fourth-order valence-corrected chi connectivity index (χ4v) is 2.48. The van der Waals surface area contributed by atoms with Gasteiger partial charge in [-0.15, -0.1) is 0 Å². The van der Waals surface area contributed by atoms with Gasteiger partial charge in [0.15, 0.2) is 0 Å². The molecule has 108 valence electrons. The summed E-state index contributed by atoms with van der Waals surface area (Å²) in [7, 11) is 1.96. The summed E-state index contributed by atoms with van der Waals surface area (Å²) < 4.78 is 11.4. The van der Waals surface area contributed by atoms with E-state index < -0.39 is 0 Å². The van der Waals surface area contributed by atoms with E-state index in [2.05, 4.69) is 23.5 Å². The van der Waals surface area contributed by atoms with Crippen LogP contribution in [0.25, 0.3) is 0 Å². The van der Waals surface area contributed by atoms with Crippen molar-refractivity contribution in [3.63, 3.8) is 0 Å². The molecule has 1 aromatic heterocycles. The van der Waals surface area contributed by atoms with E-state index in [-0.39, 0.29) is 12.1 Å². The SMILES string of the molecule is CNC(c1cccc(OC(C)C)c1)c1cc(C)oc1C. The van der Waals surface area contributed by atoms with Gasteiger partial charge in [0, 0.05) is 5.56 Å². The lowest BCUT2D eigenvalue weighted by Gasteiger charge is -2.18. The molecule has 1 unspecified atom stereocenters. The monoisotopic (exact) mass is 273 g/mol. The van der Waals surface area contributed by atoms with Crippen molar-refractivity contribution in [2.45, 2.75) is 39.8 Å². The van der Waals surface area contributed by atoms with Crippen molar-refractivity contribution in [1.82, 2.24) is 5.32 Å². The molecule has 0 aliphatic rings. The maximum Gasteiger partial charge on any atom is 0.120 e. The van der Waals surface area contributed by atoms with Gasteiger partial charge in [-0.3, -0.25) is 0 Å². The lowest BCUT2D eigenvalue weighted by Crippen LogP contribution is -2.18. The standard InChI is InChI=1S/C17H23NO2/c1-11(2)19-15-8-6-7-14(10-15)17(18-5)16-9-12(3)20-13(16)4/h6-11,17-18H,1-5H3. The van der Waals surface area contributed by atoms with Gasteiger partial charge in [-0.05, 0) is 58.5 Å². The summed E-state index contributed by atoms with van der Waals surface area (Å²) in [5, 5.41) is 3.35. The average molecular weight is 273 g/mol. The number of benzene rings is 1. The quantitative estimate of drug-likeness (QED) is 0.894. The molecular weight excluding hydrogens is 250 g/mol. The van der Waals surface area contributed by atoms with Crippen LogP contribution in [0.1, 0.15) is 42.5 Å². The number of hydrogen-bond donors (Lipinski definition) is 1. The topological polar surface area (TPSA) is 34.4 Å². The minimum Gasteiger partial charge on any atom is -0.491 e. The van der Waals surface area contributed by atoms with Crippen LogP contribution in [0, 0.1) is 13.8 Å². The van der Waals surface area contributed by atoms with Crippen LogP contribution >= 0.6 is 0 Å². The van der Waals surface area contributed by atoms with E-state index in [0.29, 0.717) is 0 Å². The number of hydrogen-bond acceptors (Lipinski definition) is 3. The third-order valence-electron chi connectivity index (χ3n) is 3.24. The summed E-state index contributed by atoms with van der Waals surface area (Å²) in [5.41, 5.74) is 2.35. The predicted molar refractivity (Wildman–Crippen MR) is 81.3 cm³/mol. The first-order valence-corrected chi connectivity index (χ1v) is 7.02. The second-order valence-electron chi connectivity index (χ2n) is 5.33. The summed E-state index contributed by atoms with van der Waals surface area (Å²) >= 11 is 0. The Kier molecular flexibility index (Phi) is 4.50. The van der Waals surface area contributed by atoms with E-state index in [1.54, 1.807) is 0 Å². The Bertz CT molecular complexity index is 572. The fraction of sp³-hybridized carbons (Fsp3) is 0.412. The first-order chi connectivity index (χ1) is 9.51. The van der Waals surface area contributed by atoms with Gasteiger partial charge < -0.3 is 14.5 Å². The Morgan fingerprint density at radius 2 is 1.90 bits per heavy atom. The predicted octanol–water partition coefficient (Wildman–Crippen LogP) is 3.99. The molecule has 0 radical (unpaired) electrons. The average Bonchev–Trinajstić information content (AvgIpc) is 2.69. The van der Waals surface area contributed by atoms with Gasteiger partial charge in [0.25, 0.3) is 0 Å². The van der Waals surface area contributed by atoms with Crippen LogP contribution < -0.4 is 10.1 Å². The minimum atomic E-state index is 0.114. The molecule has 2 rings (SSSR count). The molecule has 0 bridgehead atoms. The van der Waals surface area contributed by atoms with Gasteiger partial charge in [-0.25, -0.2) is 0 Å². The largest absolute Gasteiger partial charge is 0.491 e. The van der Waals surface area contributed by atoms with Crippen molar-refractivity contribution in [1.29, 1.82) is 0 Å². The van der Waals surface area contributed by atoms with Gasteiger partial charge in [0.05, 0.1) is 12.1 Å². The number of ether oxygens (including phenoxy) is 1. The van der Waals surface area contributed by atoms with E-state index in [0.717, 1.165) is 17.3 Å². The van der Waals surface area contributed by atoms with Gasteiger partial charge >= 0.3 is 0 Å². The highest BCUT2D eigenvalue weighted by atomic mass is 16.5. The summed E-state index contributed by atoms with van der Waals surface area (Å²) in [6.45, 7) is 8.04. The molecule has 0 aliphatic carbocycles. The summed E-state index contributed by atoms with van der Waals surface area (Å²) in [6.07, 6.45) is 0.177. The van der Waals surface area contributed by atoms with Gasteiger partial charge in [-0.2, -0.15) is 0 Å². The van der Waals surface area contributed by atoms with E-state index in [9.17, 15) is 0 Å². The second kappa shape index (κ2) is 6.14. The first kappa shape index (κ1) is 14.7. The maximum atomic E-state index is 5.77. The molecule has 1 heterocycles. The minimum absolute atomic E-state index is 0.114.